The highest BCUT2D eigenvalue weighted by atomic mass is 16.5. The van der Waals surface area contributed by atoms with E-state index >= 15 is 0 Å². The average Bonchev–Trinajstić information content (AvgIpc) is 3.01. The lowest BCUT2D eigenvalue weighted by atomic mass is 9.85. The second-order valence-electron chi connectivity index (χ2n) is 5.94. The van der Waals surface area contributed by atoms with Crippen LogP contribution in [0, 0.1) is 0 Å². The zero-order valence-corrected chi connectivity index (χ0v) is 11.2. The first kappa shape index (κ1) is 12.1. The lowest BCUT2D eigenvalue weighted by Crippen LogP contribution is -2.43. The molecule has 100 valence electrons. The molecule has 0 bridgehead atoms. The molecule has 2 aliphatic rings. The molecule has 1 aliphatic carbocycles. The van der Waals surface area contributed by atoms with Crippen LogP contribution in [0.2, 0.25) is 0 Å². The molecule has 5 heteroatoms. The van der Waals surface area contributed by atoms with Gasteiger partial charge in [-0.25, -0.2) is 4.98 Å². The van der Waals surface area contributed by atoms with Gasteiger partial charge in [-0.05, 0) is 19.8 Å². The van der Waals surface area contributed by atoms with E-state index in [9.17, 15) is 0 Å². The van der Waals surface area contributed by atoms with Crippen LogP contribution < -0.4 is 5.73 Å². The first-order chi connectivity index (χ1) is 8.61. The molecule has 1 saturated carbocycles. The Kier molecular flexibility index (Phi) is 2.90. The molecule has 3 rings (SSSR count). The summed E-state index contributed by atoms with van der Waals surface area (Å²) >= 11 is 0. The van der Waals surface area contributed by atoms with Crippen molar-refractivity contribution < 1.29 is 4.74 Å². The Morgan fingerprint density at radius 1 is 1.39 bits per heavy atom. The van der Waals surface area contributed by atoms with Gasteiger partial charge in [0.25, 0.3) is 0 Å². The SMILES string of the molecule is Cn1nc(C2CCCC2)nc1C1(C)COCC1N. The zero-order valence-electron chi connectivity index (χ0n) is 11.2. The summed E-state index contributed by atoms with van der Waals surface area (Å²) in [4.78, 5) is 4.79. The van der Waals surface area contributed by atoms with Gasteiger partial charge in [-0.15, -0.1) is 0 Å². The van der Waals surface area contributed by atoms with E-state index in [1.165, 1.54) is 25.7 Å². The van der Waals surface area contributed by atoms with Crippen LogP contribution in [0.5, 0.6) is 0 Å². The molecule has 0 spiro atoms. The van der Waals surface area contributed by atoms with Crippen molar-refractivity contribution in [2.45, 2.75) is 50.0 Å². The lowest BCUT2D eigenvalue weighted by molar-refractivity contribution is 0.177. The van der Waals surface area contributed by atoms with Gasteiger partial charge in [-0.2, -0.15) is 5.10 Å². The van der Waals surface area contributed by atoms with E-state index in [-0.39, 0.29) is 11.5 Å². The average molecular weight is 250 g/mol. The fraction of sp³-hybridized carbons (Fsp3) is 0.846. The molecule has 2 atom stereocenters. The first-order valence-electron chi connectivity index (χ1n) is 6.86. The lowest BCUT2D eigenvalue weighted by Gasteiger charge is -2.25. The van der Waals surface area contributed by atoms with Gasteiger partial charge in [0.1, 0.15) is 5.82 Å². The van der Waals surface area contributed by atoms with E-state index < -0.39 is 0 Å². The van der Waals surface area contributed by atoms with Crippen LogP contribution in [0.25, 0.3) is 0 Å². The minimum absolute atomic E-state index is 0.0110. The number of hydrogen-bond donors (Lipinski definition) is 1. The van der Waals surface area contributed by atoms with Crippen molar-refractivity contribution in [1.82, 2.24) is 14.8 Å². The van der Waals surface area contributed by atoms with Gasteiger partial charge < -0.3 is 10.5 Å². The minimum atomic E-state index is -0.196. The van der Waals surface area contributed by atoms with E-state index in [2.05, 4.69) is 12.0 Å². The number of ether oxygens (including phenoxy) is 1. The van der Waals surface area contributed by atoms with Crippen LogP contribution in [0.1, 0.15) is 50.2 Å². The van der Waals surface area contributed by atoms with E-state index in [0.717, 1.165) is 11.6 Å². The number of hydrogen-bond acceptors (Lipinski definition) is 4. The first-order valence-corrected chi connectivity index (χ1v) is 6.86. The van der Waals surface area contributed by atoms with Gasteiger partial charge in [0, 0.05) is 19.0 Å². The van der Waals surface area contributed by atoms with Crippen molar-refractivity contribution in [3.8, 4) is 0 Å². The molecule has 2 unspecified atom stereocenters. The summed E-state index contributed by atoms with van der Waals surface area (Å²) in [5.74, 6) is 2.53. The highest BCUT2D eigenvalue weighted by Gasteiger charge is 2.43. The van der Waals surface area contributed by atoms with Crippen LogP contribution in [0.4, 0.5) is 0 Å². The molecular formula is C13H22N4O. The van der Waals surface area contributed by atoms with Gasteiger partial charge in [-0.1, -0.05) is 12.8 Å². The largest absolute Gasteiger partial charge is 0.379 e. The maximum atomic E-state index is 6.17. The van der Waals surface area contributed by atoms with E-state index in [1.807, 2.05) is 11.7 Å². The molecule has 2 heterocycles. The van der Waals surface area contributed by atoms with E-state index in [4.69, 9.17) is 15.5 Å². The monoisotopic (exact) mass is 250 g/mol. The minimum Gasteiger partial charge on any atom is -0.379 e. The van der Waals surface area contributed by atoms with Crippen molar-refractivity contribution in [2.75, 3.05) is 13.2 Å². The van der Waals surface area contributed by atoms with Crippen LogP contribution in [0.3, 0.4) is 0 Å². The van der Waals surface area contributed by atoms with Gasteiger partial charge in [0.15, 0.2) is 5.82 Å². The summed E-state index contributed by atoms with van der Waals surface area (Å²) in [7, 11) is 1.97. The molecule has 18 heavy (non-hydrogen) atoms. The maximum absolute atomic E-state index is 6.17. The topological polar surface area (TPSA) is 66.0 Å². The second kappa shape index (κ2) is 4.31. The van der Waals surface area contributed by atoms with Crippen molar-refractivity contribution in [3.05, 3.63) is 11.6 Å². The molecule has 1 aromatic rings. The highest BCUT2D eigenvalue weighted by Crippen LogP contribution is 2.35. The van der Waals surface area contributed by atoms with Crippen molar-refractivity contribution >= 4 is 0 Å². The molecule has 1 saturated heterocycles. The third-order valence-corrected chi connectivity index (χ3v) is 4.53. The number of aryl methyl sites for hydroxylation is 1. The molecule has 1 aliphatic heterocycles. The summed E-state index contributed by atoms with van der Waals surface area (Å²) in [6, 6.07) is 0.0110. The molecule has 0 amide bonds. The van der Waals surface area contributed by atoms with Crippen molar-refractivity contribution in [3.63, 3.8) is 0 Å². The normalized spacial score (nSPS) is 33.4. The number of aromatic nitrogens is 3. The predicted octanol–water partition coefficient (Wildman–Crippen LogP) is 1.09. The van der Waals surface area contributed by atoms with E-state index in [1.54, 1.807) is 0 Å². The Hall–Kier alpha value is -0.940. The van der Waals surface area contributed by atoms with Gasteiger partial charge in [0.05, 0.1) is 18.6 Å². The fourth-order valence-electron chi connectivity index (χ4n) is 3.18. The summed E-state index contributed by atoms with van der Waals surface area (Å²) in [5.41, 5.74) is 5.97. The fourth-order valence-corrected chi connectivity index (χ4v) is 3.18. The van der Waals surface area contributed by atoms with Crippen LogP contribution >= 0.6 is 0 Å². The Bertz CT molecular complexity index is 438. The molecule has 5 nitrogen and oxygen atoms in total. The number of nitrogens with zero attached hydrogens (tertiary/aromatic N) is 3. The summed E-state index contributed by atoms with van der Waals surface area (Å²) < 4.78 is 7.42. The maximum Gasteiger partial charge on any atom is 0.154 e. The zero-order chi connectivity index (χ0) is 12.8. The standard InChI is InChI=1S/C13H22N4O/c1-13(8-18-7-10(13)14)12-15-11(16-17(12)2)9-5-3-4-6-9/h9-10H,3-8,14H2,1-2H3. The molecular weight excluding hydrogens is 228 g/mol. The highest BCUT2D eigenvalue weighted by molar-refractivity contribution is 5.16. The Labute approximate surface area is 108 Å². The predicted molar refractivity (Wildman–Crippen MR) is 68.4 cm³/mol. The molecule has 2 fully saturated rings. The summed E-state index contributed by atoms with van der Waals surface area (Å²) in [6.45, 7) is 3.39. The molecule has 0 radical (unpaired) electrons. The Morgan fingerprint density at radius 3 is 2.72 bits per heavy atom. The van der Waals surface area contributed by atoms with Gasteiger partial charge in [-0.3, -0.25) is 4.68 Å². The van der Waals surface area contributed by atoms with Crippen molar-refractivity contribution in [1.29, 1.82) is 0 Å². The summed E-state index contributed by atoms with van der Waals surface area (Å²) in [6.07, 6.45) is 5.06. The number of rotatable bonds is 2. The Morgan fingerprint density at radius 2 is 2.11 bits per heavy atom. The molecule has 1 aromatic heterocycles. The van der Waals surface area contributed by atoms with Gasteiger partial charge >= 0.3 is 0 Å². The van der Waals surface area contributed by atoms with Gasteiger partial charge in [0.2, 0.25) is 0 Å². The third kappa shape index (κ3) is 1.77. The third-order valence-electron chi connectivity index (χ3n) is 4.53. The van der Waals surface area contributed by atoms with Crippen LogP contribution in [-0.4, -0.2) is 34.0 Å². The Balaban J connectivity index is 1.92. The van der Waals surface area contributed by atoms with Crippen LogP contribution in [0.15, 0.2) is 0 Å². The van der Waals surface area contributed by atoms with Crippen molar-refractivity contribution in [2.24, 2.45) is 12.8 Å². The summed E-state index contributed by atoms with van der Waals surface area (Å²) in [5, 5.41) is 4.61. The molecule has 0 aromatic carbocycles. The van der Waals surface area contributed by atoms with Crippen LogP contribution in [-0.2, 0) is 17.2 Å². The smallest absolute Gasteiger partial charge is 0.154 e. The number of nitrogens with two attached hydrogens (primary N) is 1. The quantitative estimate of drug-likeness (QED) is 0.853. The second-order valence-corrected chi connectivity index (χ2v) is 5.94. The van der Waals surface area contributed by atoms with E-state index in [0.29, 0.717) is 19.1 Å². The molecule has 2 N–H and O–H groups in total.